The average Bonchev–Trinajstić information content (AvgIpc) is 3.22. The second-order valence-corrected chi connectivity index (χ2v) is 8.29. The maximum absolute atomic E-state index is 12.8. The van der Waals surface area contributed by atoms with Crippen molar-refractivity contribution in [2.75, 3.05) is 25.5 Å². The third-order valence-corrected chi connectivity index (χ3v) is 6.64. The molecule has 1 heterocycles. The minimum absolute atomic E-state index is 0.215. The number of nitrogens with zero attached hydrogens (tertiary/aromatic N) is 2. The van der Waals surface area contributed by atoms with Gasteiger partial charge in [0.2, 0.25) is 10.0 Å². The van der Waals surface area contributed by atoms with Gasteiger partial charge in [-0.25, -0.2) is 8.42 Å². The zero-order valence-electron chi connectivity index (χ0n) is 16.8. The predicted molar refractivity (Wildman–Crippen MR) is 112 cm³/mol. The van der Waals surface area contributed by atoms with E-state index in [0.29, 0.717) is 36.8 Å². The zero-order valence-corrected chi connectivity index (χ0v) is 17.6. The van der Waals surface area contributed by atoms with Crippen LogP contribution >= 0.6 is 0 Å². The zero-order chi connectivity index (χ0) is 20.9. The molecule has 1 aromatic heterocycles. The second kappa shape index (κ2) is 9.11. The smallest absolute Gasteiger partial charge is 0.243 e. The van der Waals surface area contributed by atoms with Crippen molar-refractivity contribution in [3.8, 4) is 17.0 Å². The van der Waals surface area contributed by atoms with Gasteiger partial charge in [-0.05, 0) is 18.2 Å². The van der Waals surface area contributed by atoms with E-state index in [9.17, 15) is 8.42 Å². The van der Waals surface area contributed by atoms with Gasteiger partial charge in [0.05, 0.1) is 24.2 Å². The van der Waals surface area contributed by atoms with Crippen LogP contribution < -0.4 is 10.1 Å². The number of hydrogen-bond donors (Lipinski definition) is 1. The molecule has 1 N–H and O–H groups in total. The summed E-state index contributed by atoms with van der Waals surface area (Å²) in [5.74, 6) is 1.18. The van der Waals surface area contributed by atoms with E-state index in [0.717, 1.165) is 11.3 Å². The molecule has 29 heavy (non-hydrogen) atoms. The van der Waals surface area contributed by atoms with Crippen LogP contribution in [0.25, 0.3) is 11.3 Å². The third-order valence-electron chi connectivity index (χ3n) is 4.60. The van der Waals surface area contributed by atoms with E-state index in [1.54, 1.807) is 25.3 Å². The SMILES string of the molecule is CCN(CC)S(=O)(=O)c1ccc(OC)c(NCc2cc(-c3ccccc3)no2)c1. The van der Waals surface area contributed by atoms with Crippen LogP contribution in [0.2, 0.25) is 0 Å². The summed E-state index contributed by atoms with van der Waals surface area (Å²) in [6.45, 7) is 4.79. The first-order valence-electron chi connectivity index (χ1n) is 9.42. The van der Waals surface area contributed by atoms with Crippen molar-refractivity contribution in [3.05, 3.63) is 60.4 Å². The number of rotatable bonds is 9. The molecule has 0 radical (unpaired) electrons. The van der Waals surface area contributed by atoms with Crippen molar-refractivity contribution < 1.29 is 17.7 Å². The molecule has 2 aromatic carbocycles. The van der Waals surface area contributed by atoms with Crippen molar-refractivity contribution in [1.82, 2.24) is 9.46 Å². The molecule has 0 spiro atoms. The first-order chi connectivity index (χ1) is 14.0. The first kappa shape index (κ1) is 20.9. The monoisotopic (exact) mass is 415 g/mol. The van der Waals surface area contributed by atoms with Crippen molar-refractivity contribution in [1.29, 1.82) is 0 Å². The lowest BCUT2D eigenvalue weighted by molar-refractivity contribution is 0.389. The number of benzene rings is 2. The largest absolute Gasteiger partial charge is 0.495 e. The third kappa shape index (κ3) is 4.60. The van der Waals surface area contributed by atoms with Crippen LogP contribution in [0.15, 0.2) is 64.0 Å². The van der Waals surface area contributed by atoms with Crippen molar-refractivity contribution in [2.24, 2.45) is 0 Å². The van der Waals surface area contributed by atoms with Gasteiger partial charge in [-0.2, -0.15) is 4.31 Å². The summed E-state index contributed by atoms with van der Waals surface area (Å²) < 4.78 is 37.8. The van der Waals surface area contributed by atoms with Crippen molar-refractivity contribution in [3.63, 3.8) is 0 Å². The lowest BCUT2D eigenvalue weighted by atomic mass is 10.1. The Morgan fingerprint density at radius 2 is 1.79 bits per heavy atom. The molecular formula is C21H25N3O4S. The molecule has 0 saturated heterocycles. The van der Waals surface area contributed by atoms with Crippen molar-refractivity contribution >= 4 is 15.7 Å². The Kier molecular flexibility index (Phi) is 6.56. The molecular weight excluding hydrogens is 390 g/mol. The van der Waals surface area contributed by atoms with Gasteiger partial charge in [-0.1, -0.05) is 49.3 Å². The van der Waals surface area contributed by atoms with Gasteiger partial charge in [-0.3, -0.25) is 0 Å². The lowest BCUT2D eigenvalue weighted by Crippen LogP contribution is -2.30. The van der Waals surface area contributed by atoms with E-state index in [2.05, 4.69) is 10.5 Å². The Balaban J connectivity index is 1.81. The normalized spacial score (nSPS) is 11.6. The number of aromatic nitrogens is 1. The molecule has 3 aromatic rings. The summed E-state index contributed by atoms with van der Waals surface area (Å²) >= 11 is 0. The molecule has 0 aliphatic rings. The fourth-order valence-corrected chi connectivity index (χ4v) is 4.51. The van der Waals surface area contributed by atoms with Crippen LogP contribution in [0.3, 0.4) is 0 Å². The van der Waals surface area contributed by atoms with Crippen LogP contribution in [0.5, 0.6) is 5.75 Å². The lowest BCUT2D eigenvalue weighted by Gasteiger charge is -2.19. The number of hydrogen-bond acceptors (Lipinski definition) is 6. The Hall–Kier alpha value is -2.84. The van der Waals surface area contributed by atoms with Gasteiger partial charge >= 0.3 is 0 Å². The Labute approximate surface area is 171 Å². The molecule has 0 saturated carbocycles. The minimum atomic E-state index is -3.56. The second-order valence-electron chi connectivity index (χ2n) is 6.35. The molecule has 0 unspecified atom stereocenters. The Morgan fingerprint density at radius 1 is 1.07 bits per heavy atom. The molecule has 0 amide bonds. The molecule has 0 aliphatic heterocycles. The van der Waals surface area contributed by atoms with Crippen LogP contribution in [0.1, 0.15) is 19.6 Å². The van der Waals surface area contributed by atoms with Gasteiger partial charge in [0, 0.05) is 24.7 Å². The molecule has 8 heteroatoms. The molecule has 154 valence electrons. The quantitative estimate of drug-likeness (QED) is 0.569. The highest BCUT2D eigenvalue weighted by Gasteiger charge is 2.23. The van der Waals surface area contributed by atoms with E-state index in [1.807, 2.05) is 50.2 Å². The van der Waals surface area contributed by atoms with Crippen molar-refractivity contribution in [2.45, 2.75) is 25.3 Å². The van der Waals surface area contributed by atoms with Crippen LogP contribution in [0, 0.1) is 0 Å². The highest BCUT2D eigenvalue weighted by atomic mass is 32.2. The fraction of sp³-hybridized carbons (Fsp3) is 0.286. The maximum Gasteiger partial charge on any atom is 0.243 e. The van der Waals surface area contributed by atoms with Gasteiger partial charge in [0.15, 0.2) is 5.76 Å². The number of ether oxygens (including phenoxy) is 1. The average molecular weight is 416 g/mol. The molecule has 3 rings (SSSR count). The van der Waals surface area contributed by atoms with E-state index >= 15 is 0 Å². The highest BCUT2D eigenvalue weighted by Crippen LogP contribution is 2.29. The molecule has 0 fully saturated rings. The highest BCUT2D eigenvalue weighted by molar-refractivity contribution is 7.89. The van der Waals surface area contributed by atoms with Crippen LogP contribution in [-0.4, -0.2) is 38.1 Å². The van der Waals surface area contributed by atoms with Gasteiger partial charge in [0.25, 0.3) is 0 Å². The molecule has 0 aliphatic carbocycles. The number of anilines is 1. The topological polar surface area (TPSA) is 84.7 Å². The first-order valence-corrected chi connectivity index (χ1v) is 10.9. The van der Waals surface area contributed by atoms with Gasteiger partial charge in [-0.15, -0.1) is 0 Å². The summed E-state index contributed by atoms with van der Waals surface area (Å²) in [6, 6.07) is 16.4. The molecule has 0 bridgehead atoms. The predicted octanol–water partition coefficient (Wildman–Crippen LogP) is 3.99. The summed E-state index contributed by atoms with van der Waals surface area (Å²) in [4.78, 5) is 0.215. The van der Waals surface area contributed by atoms with E-state index < -0.39 is 10.0 Å². The fourth-order valence-electron chi connectivity index (χ4n) is 3.02. The summed E-state index contributed by atoms with van der Waals surface area (Å²) in [5.41, 5.74) is 2.28. The summed E-state index contributed by atoms with van der Waals surface area (Å²) in [5, 5.41) is 7.29. The van der Waals surface area contributed by atoms with E-state index in [-0.39, 0.29) is 4.90 Å². The minimum Gasteiger partial charge on any atom is -0.495 e. The van der Waals surface area contributed by atoms with Gasteiger partial charge < -0.3 is 14.6 Å². The summed E-state index contributed by atoms with van der Waals surface area (Å²) in [6.07, 6.45) is 0. The van der Waals surface area contributed by atoms with E-state index in [4.69, 9.17) is 9.26 Å². The van der Waals surface area contributed by atoms with Crippen LogP contribution in [0.4, 0.5) is 5.69 Å². The molecule has 7 nitrogen and oxygen atoms in total. The molecule has 0 atom stereocenters. The van der Waals surface area contributed by atoms with E-state index in [1.165, 1.54) is 4.31 Å². The number of methoxy groups -OCH3 is 1. The Bertz CT molecular complexity index is 1040. The standard InChI is InChI=1S/C21H25N3O4S/c1-4-24(5-2)29(25,26)18-11-12-21(27-3)20(14-18)22-15-17-13-19(23-28-17)16-9-7-6-8-10-16/h6-14,22H,4-5,15H2,1-3H3. The number of nitrogens with one attached hydrogen (secondary N) is 1. The number of sulfonamides is 1. The van der Waals surface area contributed by atoms with Crippen LogP contribution in [-0.2, 0) is 16.6 Å². The van der Waals surface area contributed by atoms with Gasteiger partial charge in [0.1, 0.15) is 11.4 Å². The maximum atomic E-state index is 12.8. The summed E-state index contributed by atoms with van der Waals surface area (Å²) in [7, 11) is -2.02. The Morgan fingerprint density at radius 3 is 2.45 bits per heavy atom.